The van der Waals surface area contributed by atoms with Crippen LogP contribution in [0.5, 0.6) is 0 Å². The van der Waals surface area contributed by atoms with Crippen LogP contribution in [0.2, 0.25) is 0 Å². The summed E-state index contributed by atoms with van der Waals surface area (Å²) in [4.78, 5) is 10.3. The molecule has 0 spiro atoms. The van der Waals surface area contributed by atoms with Gasteiger partial charge in [-0.05, 0) is 16.7 Å². The van der Waals surface area contributed by atoms with E-state index in [1.807, 2.05) is 54.6 Å². The van der Waals surface area contributed by atoms with Crippen LogP contribution in [0.3, 0.4) is 0 Å². The quantitative estimate of drug-likeness (QED) is 0.0977. The number of carboxylic acids is 1. The van der Waals surface area contributed by atoms with Gasteiger partial charge >= 0.3 is 5.97 Å². The lowest BCUT2D eigenvalue weighted by Gasteiger charge is -2.36. The molecule has 0 aliphatic rings. The molecule has 0 aliphatic carbocycles. The molecule has 0 saturated carbocycles. The molecule has 0 atom stereocenters. The van der Waals surface area contributed by atoms with Gasteiger partial charge in [-0.2, -0.15) is 0 Å². The van der Waals surface area contributed by atoms with E-state index < -0.39 is 11.6 Å². The third-order valence-electron chi connectivity index (χ3n) is 6.54. The van der Waals surface area contributed by atoms with Crippen LogP contribution < -0.4 is 0 Å². The Morgan fingerprint density at radius 1 is 0.422 bits per heavy atom. The van der Waals surface area contributed by atoms with Crippen molar-refractivity contribution in [2.75, 3.05) is 99.1 Å². The summed E-state index contributed by atoms with van der Waals surface area (Å²) < 4.78 is 44.7. The maximum Gasteiger partial charge on any atom is 0.329 e. The summed E-state index contributed by atoms with van der Waals surface area (Å²) in [5.41, 5.74) is 2.43. The standard InChI is InChI=1S/C35H46O10/c36-34(37)30-44-27-26-42-23-22-40-19-18-38-16-17-39-20-21-41-24-25-43-28-29-45-35(31-10-4-1-5-11-31,32-12-6-2-7-13-32)33-14-8-3-9-15-33/h1-15H,16-30H2,(H,36,37). The molecule has 10 heteroatoms. The zero-order valence-electron chi connectivity index (χ0n) is 25.9. The predicted molar refractivity (Wildman–Crippen MR) is 169 cm³/mol. The number of carbonyl (C=O) groups is 1. The third-order valence-corrected chi connectivity index (χ3v) is 6.54. The summed E-state index contributed by atoms with van der Waals surface area (Å²) >= 11 is 0. The highest BCUT2D eigenvalue weighted by molar-refractivity contribution is 5.67. The van der Waals surface area contributed by atoms with Crippen molar-refractivity contribution in [2.45, 2.75) is 5.60 Å². The summed E-state index contributed by atoms with van der Waals surface area (Å²) in [6.45, 7) is 5.70. The molecule has 3 aromatic rings. The Hall–Kier alpha value is -3.19. The highest BCUT2D eigenvalue weighted by Crippen LogP contribution is 2.40. The average Bonchev–Trinajstić information content (AvgIpc) is 3.08. The van der Waals surface area contributed by atoms with E-state index in [9.17, 15) is 4.79 Å². The minimum Gasteiger partial charge on any atom is -0.480 e. The van der Waals surface area contributed by atoms with Gasteiger partial charge in [-0.15, -0.1) is 0 Å². The largest absolute Gasteiger partial charge is 0.480 e. The van der Waals surface area contributed by atoms with E-state index in [1.54, 1.807) is 0 Å². The second-order valence-corrected chi connectivity index (χ2v) is 9.75. The zero-order valence-corrected chi connectivity index (χ0v) is 25.9. The van der Waals surface area contributed by atoms with E-state index in [4.69, 9.17) is 43.0 Å². The molecule has 0 amide bonds. The van der Waals surface area contributed by atoms with E-state index in [2.05, 4.69) is 36.4 Å². The van der Waals surface area contributed by atoms with Crippen molar-refractivity contribution in [2.24, 2.45) is 0 Å². The number of rotatable bonds is 27. The van der Waals surface area contributed by atoms with Gasteiger partial charge in [-0.1, -0.05) is 91.0 Å². The van der Waals surface area contributed by atoms with Gasteiger partial charge in [-0.3, -0.25) is 0 Å². The fourth-order valence-corrected chi connectivity index (χ4v) is 4.50. The summed E-state index contributed by atoms with van der Waals surface area (Å²) in [5.74, 6) is -0.995. The highest BCUT2D eigenvalue weighted by Gasteiger charge is 2.37. The highest BCUT2D eigenvalue weighted by atomic mass is 16.6. The van der Waals surface area contributed by atoms with Crippen LogP contribution in [0.4, 0.5) is 0 Å². The molecular weight excluding hydrogens is 580 g/mol. The van der Waals surface area contributed by atoms with Crippen LogP contribution in [-0.2, 0) is 48.3 Å². The van der Waals surface area contributed by atoms with Crippen molar-refractivity contribution in [3.8, 4) is 0 Å². The molecule has 3 rings (SSSR count). The molecule has 0 heterocycles. The zero-order chi connectivity index (χ0) is 31.7. The van der Waals surface area contributed by atoms with Gasteiger partial charge in [0.2, 0.25) is 0 Å². The van der Waals surface area contributed by atoms with E-state index in [0.717, 1.165) is 16.7 Å². The van der Waals surface area contributed by atoms with E-state index in [1.165, 1.54) is 0 Å². The molecule has 246 valence electrons. The molecule has 0 saturated heterocycles. The lowest BCUT2D eigenvalue weighted by molar-refractivity contribution is -0.142. The van der Waals surface area contributed by atoms with Gasteiger partial charge < -0.3 is 43.0 Å². The van der Waals surface area contributed by atoms with Crippen molar-refractivity contribution in [1.82, 2.24) is 0 Å². The fraction of sp³-hybridized carbons (Fsp3) is 0.457. The summed E-state index contributed by atoms with van der Waals surface area (Å²) in [6.07, 6.45) is 0. The minimum atomic E-state index is -0.995. The van der Waals surface area contributed by atoms with Crippen LogP contribution in [0.25, 0.3) is 0 Å². The average molecular weight is 627 g/mol. The first kappa shape index (κ1) is 36.3. The number of hydrogen-bond acceptors (Lipinski definition) is 9. The van der Waals surface area contributed by atoms with Gasteiger partial charge in [0.25, 0.3) is 0 Å². The van der Waals surface area contributed by atoms with E-state index in [-0.39, 0.29) is 13.2 Å². The van der Waals surface area contributed by atoms with Crippen LogP contribution in [-0.4, -0.2) is 110 Å². The molecular formula is C35H46O10. The first-order valence-electron chi connectivity index (χ1n) is 15.3. The van der Waals surface area contributed by atoms with Gasteiger partial charge in [0.1, 0.15) is 12.2 Å². The smallest absolute Gasteiger partial charge is 0.329 e. The topological polar surface area (TPSA) is 111 Å². The molecule has 3 aromatic carbocycles. The maximum atomic E-state index is 10.3. The Balaban J connectivity index is 1.20. The van der Waals surface area contributed by atoms with Gasteiger partial charge in [0, 0.05) is 0 Å². The molecule has 0 radical (unpaired) electrons. The van der Waals surface area contributed by atoms with Gasteiger partial charge in [-0.25, -0.2) is 4.79 Å². The molecule has 0 aliphatic heterocycles. The van der Waals surface area contributed by atoms with Crippen molar-refractivity contribution in [3.63, 3.8) is 0 Å². The number of hydrogen-bond donors (Lipinski definition) is 1. The van der Waals surface area contributed by atoms with Crippen LogP contribution in [0.15, 0.2) is 91.0 Å². The summed E-state index contributed by atoms with van der Waals surface area (Å²) in [6, 6.07) is 30.9. The predicted octanol–water partition coefficient (Wildman–Crippen LogP) is 4.20. The first-order chi connectivity index (χ1) is 22.2. The maximum absolute atomic E-state index is 10.3. The minimum absolute atomic E-state index is 0.241. The summed E-state index contributed by atoms with van der Waals surface area (Å²) in [7, 11) is 0. The molecule has 0 bridgehead atoms. The Morgan fingerprint density at radius 2 is 0.689 bits per heavy atom. The first-order valence-corrected chi connectivity index (χ1v) is 15.3. The fourth-order valence-electron chi connectivity index (χ4n) is 4.50. The van der Waals surface area contributed by atoms with Crippen LogP contribution in [0, 0.1) is 0 Å². The molecule has 0 aromatic heterocycles. The molecule has 1 N–H and O–H groups in total. The van der Waals surface area contributed by atoms with E-state index in [0.29, 0.717) is 85.9 Å². The molecule has 0 unspecified atom stereocenters. The van der Waals surface area contributed by atoms with Gasteiger partial charge in [0.05, 0.1) is 92.5 Å². The number of ether oxygens (including phenoxy) is 8. The lowest BCUT2D eigenvalue weighted by atomic mass is 9.80. The second kappa shape index (κ2) is 23.2. The number of carboxylic acid groups (broad SMARTS) is 1. The normalized spacial score (nSPS) is 11.6. The van der Waals surface area contributed by atoms with Crippen molar-refractivity contribution >= 4 is 5.97 Å². The lowest BCUT2D eigenvalue weighted by Crippen LogP contribution is -2.34. The van der Waals surface area contributed by atoms with Crippen LogP contribution >= 0.6 is 0 Å². The number of aliphatic carboxylic acids is 1. The van der Waals surface area contributed by atoms with Crippen molar-refractivity contribution < 1.29 is 47.8 Å². The molecule has 0 fully saturated rings. The van der Waals surface area contributed by atoms with Crippen molar-refractivity contribution in [1.29, 1.82) is 0 Å². The Bertz CT molecular complexity index is 1030. The Morgan fingerprint density at radius 3 is 0.978 bits per heavy atom. The monoisotopic (exact) mass is 626 g/mol. The SMILES string of the molecule is O=C(O)COCCOCCOCCOCCOCCOCCOCCOC(c1ccccc1)(c1ccccc1)c1ccccc1. The van der Waals surface area contributed by atoms with Crippen molar-refractivity contribution in [3.05, 3.63) is 108 Å². The molecule has 10 nitrogen and oxygen atoms in total. The van der Waals surface area contributed by atoms with E-state index >= 15 is 0 Å². The summed E-state index contributed by atoms with van der Waals surface area (Å²) in [5, 5.41) is 8.45. The Kier molecular flexibility index (Phi) is 18.7. The second-order valence-electron chi connectivity index (χ2n) is 9.75. The number of benzene rings is 3. The van der Waals surface area contributed by atoms with Gasteiger partial charge in [0.15, 0.2) is 0 Å². The molecule has 45 heavy (non-hydrogen) atoms. The third kappa shape index (κ3) is 14.2. The Labute approximate surface area is 266 Å². The van der Waals surface area contributed by atoms with Crippen LogP contribution in [0.1, 0.15) is 16.7 Å².